The first kappa shape index (κ1) is 12.9. The van der Waals surface area contributed by atoms with Crippen molar-refractivity contribution in [3.8, 4) is 11.6 Å². The molecule has 98 valence electrons. The van der Waals surface area contributed by atoms with E-state index < -0.39 is 0 Å². The number of ether oxygens (including phenoxy) is 1. The molecule has 0 radical (unpaired) electrons. The van der Waals surface area contributed by atoms with E-state index in [-0.39, 0.29) is 0 Å². The minimum Gasteiger partial charge on any atom is -0.439 e. The Hall–Kier alpha value is -1.13. The number of rotatable bonds is 3. The van der Waals surface area contributed by atoms with Gasteiger partial charge < -0.3 is 4.74 Å². The predicted octanol–water partition coefficient (Wildman–Crippen LogP) is 4.87. The zero-order valence-electron chi connectivity index (χ0n) is 10.4. The van der Waals surface area contributed by atoms with E-state index in [9.17, 15) is 0 Å². The lowest BCUT2D eigenvalue weighted by Crippen LogP contribution is -2.00. The molecule has 5 heteroatoms. The van der Waals surface area contributed by atoms with Gasteiger partial charge in [-0.2, -0.15) is 4.98 Å². The highest BCUT2D eigenvalue weighted by Crippen LogP contribution is 2.40. The van der Waals surface area contributed by atoms with Crippen LogP contribution in [0.15, 0.2) is 28.7 Å². The molecule has 1 aromatic carbocycles. The van der Waals surface area contributed by atoms with Crippen LogP contribution in [0.4, 0.5) is 0 Å². The first-order valence-electron chi connectivity index (χ1n) is 6.11. The Morgan fingerprint density at radius 3 is 2.53 bits per heavy atom. The second-order valence-corrected chi connectivity index (χ2v) is 5.91. The Morgan fingerprint density at radius 2 is 1.89 bits per heavy atom. The van der Waals surface area contributed by atoms with Crippen LogP contribution in [-0.4, -0.2) is 9.97 Å². The van der Waals surface area contributed by atoms with Crippen LogP contribution >= 0.6 is 27.5 Å². The number of aromatic nitrogens is 2. The number of hydrogen-bond donors (Lipinski definition) is 0. The molecule has 1 aromatic heterocycles. The van der Waals surface area contributed by atoms with Gasteiger partial charge in [0, 0.05) is 16.0 Å². The van der Waals surface area contributed by atoms with Gasteiger partial charge in [-0.3, -0.25) is 0 Å². The summed E-state index contributed by atoms with van der Waals surface area (Å²) in [6, 6.07) is 7.62. The number of benzene rings is 1. The third-order valence-electron chi connectivity index (χ3n) is 3.03. The molecule has 0 amide bonds. The standard InChI is InChI=1S/C14H12BrClN2O/c1-8-12(16)17-13(9-2-3-9)18-14(8)19-11-6-4-10(15)5-7-11/h4-7,9H,2-3H2,1H3. The van der Waals surface area contributed by atoms with Gasteiger partial charge in [0.05, 0.1) is 0 Å². The van der Waals surface area contributed by atoms with Gasteiger partial charge in [0.1, 0.15) is 16.7 Å². The van der Waals surface area contributed by atoms with Crippen molar-refractivity contribution in [2.75, 3.05) is 0 Å². The van der Waals surface area contributed by atoms with Gasteiger partial charge in [-0.1, -0.05) is 27.5 Å². The van der Waals surface area contributed by atoms with Crippen LogP contribution in [0.25, 0.3) is 0 Å². The number of nitrogens with zero attached hydrogens (tertiary/aromatic N) is 2. The molecule has 0 N–H and O–H groups in total. The molecule has 2 aromatic rings. The van der Waals surface area contributed by atoms with Gasteiger partial charge in [-0.15, -0.1) is 0 Å². The van der Waals surface area contributed by atoms with Crippen LogP contribution < -0.4 is 4.74 Å². The molecule has 1 fully saturated rings. The van der Waals surface area contributed by atoms with E-state index in [0.717, 1.165) is 34.5 Å². The summed E-state index contributed by atoms with van der Waals surface area (Å²) >= 11 is 9.54. The second kappa shape index (κ2) is 5.10. The zero-order chi connectivity index (χ0) is 13.4. The first-order valence-corrected chi connectivity index (χ1v) is 7.28. The zero-order valence-corrected chi connectivity index (χ0v) is 12.7. The van der Waals surface area contributed by atoms with Gasteiger partial charge in [0.25, 0.3) is 0 Å². The molecule has 1 aliphatic carbocycles. The molecular formula is C14H12BrClN2O. The summed E-state index contributed by atoms with van der Waals surface area (Å²) in [5, 5.41) is 0.476. The minimum absolute atomic E-state index is 0.449. The third kappa shape index (κ3) is 2.90. The first-order chi connectivity index (χ1) is 9.13. The lowest BCUT2D eigenvalue weighted by molar-refractivity contribution is 0.454. The lowest BCUT2D eigenvalue weighted by Gasteiger charge is -2.10. The molecule has 1 saturated carbocycles. The smallest absolute Gasteiger partial charge is 0.226 e. The molecule has 19 heavy (non-hydrogen) atoms. The van der Waals surface area contributed by atoms with Crippen LogP contribution in [0.5, 0.6) is 11.6 Å². The molecule has 1 heterocycles. The van der Waals surface area contributed by atoms with Gasteiger partial charge in [0.2, 0.25) is 5.88 Å². The monoisotopic (exact) mass is 338 g/mol. The normalized spacial score (nSPS) is 14.5. The Labute approximate surface area is 125 Å². The molecule has 0 saturated heterocycles. The van der Waals surface area contributed by atoms with Crippen molar-refractivity contribution >= 4 is 27.5 Å². The maximum atomic E-state index is 6.14. The summed E-state index contributed by atoms with van der Waals surface area (Å²) in [5.74, 6) is 2.53. The van der Waals surface area contributed by atoms with E-state index in [1.54, 1.807) is 0 Å². The van der Waals surface area contributed by atoms with Crippen LogP contribution in [0.1, 0.15) is 30.1 Å². The molecule has 0 atom stereocenters. The van der Waals surface area contributed by atoms with Crippen LogP contribution in [0.3, 0.4) is 0 Å². The van der Waals surface area contributed by atoms with Gasteiger partial charge in [-0.05, 0) is 44.0 Å². The molecule has 0 unspecified atom stereocenters. The van der Waals surface area contributed by atoms with Gasteiger partial charge in [-0.25, -0.2) is 4.98 Å². The van der Waals surface area contributed by atoms with Gasteiger partial charge >= 0.3 is 0 Å². The molecule has 1 aliphatic rings. The molecule has 3 rings (SSSR count). The SMILES string of the molecule is Cc1c(Cl)nc(C2CC2)nc1Oc1ccc(Br)cc1. The van der Waals surface area contributed by atoms with E-state index in [4.69, 9.17) is 16.3 Å². The second-order valence-electron chi connectivity index (χ2n) is 4.63. The highest BCUT2D eigenvalue weighted by Gasteiger charge is 2.28. The minimum atomic E-state index is 0.449. The van der Waals surface area contributed by atoms with E-state index in [2.05, 4.69) is 25.9 Å². The Bertz CT molecular complexity index is 612. The largest absolute Gasteiger partial charge is 0.439 e. The molecule has 0 aliphatic heterocycles. The fourth-order valence-corrected chi connectivity index (χ4v) is 2.16. The maximum absolute atomic E-state index is 6.14. The van der Waals surface area contributed by atoms with E-state index in [1.807, 2.05) is 31.2 Å². The van der Waals surface area contributed by atoms with Gasteiger partial charge in [0.15, 0.2) is 0 Å². The van der Waals surface area contributed by atoms with Crippen LogP contribution in [-0.2, 0) is 0 Å². The van der Waals surface area contributed by atoms with E-state index in [0.29, 0.717) is 17.0 Å². The Balaban J connectivity index is 1.92. The van der Waals surface area contributed by atoms with E-state index >= 15 is 0 Å². The summed E-state index contributed by atoms with van der Waals surface area (Å²) < 4.78 is 6.82. The molecule has 0 spiro atoms. The topological polar surface area (TPSA) is 35.0 Å². The van der Waals surface area contributed by atoms with Crippen LogP contribution in [0, 0.1) is 6.92 Å². The highest BCUT2D eigenvalue weighted by atomic mass is 79.9. The summed E-state index contributed by atoms with van der Waals surface area (Å²) in [4.78, 5) is 8.80. The highest BCUT2D eigenvalue weighted by molar-refractivity contribution is 9.10. The fraction of sp³-hybridized carbons (Fsp3) is 0.286. The average molecular weight is 340 g/mol. The van der Waals surface area contributed by atoms with Crippen molar-refractivity contribution in [3.63, 3.8) is 0 Å². The van der Waals surface area contributed by atoms with Crippen molar-refractivity contribution in [1.29, 1.82) is 0 Å². The predicted molar refractivity (Wildman–Crippen MR) is 78.0 cm³/mol. The van der Waals surface area contributed by atoms with E-state index in [1.165, 1.54) is 0 Å². The third-order valence-corrected chi connectivity index (χ3v) is 3.93. The van der Waals surface area contributed by atoms with Crippen molar-refractivity contribution in [3.05, 3.63) is 45.3 Å². The average Bonchev–Trinajstić information content (AvgIpc) is 3.21. The van der Waals surface area contributed by atoms with Crippen LogP contribution in [0.2, 0.25) is 5.15 Å². The Morgan fingerprint density at radius 1 is 1.21 bits per heavy atom. The molecule has 0 bridgehead atoms. The molecule has 3 nitrogen and oxygen atoms in total. The lowest BCUT2D eigenvalue weighted by atomic mass is 10.3. The summed E-state index contributed by atoms with van der Waals surface area (Å²) in [6.45, 7) is 1.87. The van der Waals surface area contributed by atoms with Crippen molar-refractivity contribution < 1.29 is 4.74 Å². The molecular weight excluding hydrogens is 328 g/mol. The summed E-state index contributed by atoms with van der Waals surface area (Å²) in [7, 11) is 0. The maximum Gasteiger partial charge on any atom is 0.226 e. The summed E-state index contributed by atoms with van der Waals surface area (Å²) in [5.41, 5.74) is 0.772. The number of hydrogen-bond acceptors (Lipinski definition) is 3. The quantitative estimate of drug-likeness (QED) is 0.748. The summed E-state index contributed by atoms with van der Waals surface area (Å²) in [6.07, 6.45) is 2.27. The number of halogens is 2. The van der Waals surface area contributed by atoms with Crippen molar-refractivity contribution in [2.24, 2.45) is 0 Å². The fourth-order valence-electron chi connectivity index (χ4n) is 1.72. The van der Waals surface area contributed by atoms with Crippen molar-refractivity contribution in [1.82, 2.24) is 9.97 Å². The Kier molecular flexibility index (Phi) is 3.46. The van der Waals surface area contributed by atoms with Crippen molar-refractivity contribution in [2.45, 2.75) is 25.7 Å².